The molecule has 3 rings (SSSR count). The molecular weight excluding hydrogens is 403 g/mol. The third-order valence-electron chi connectivity index (χ3n) is 5.29. The molecule has 32 heavy (non-hydrogen) atoms. The highest BCUT2D eigenvalue weighted by Crippen LogP contribution is 2.25. The van der Waals surface area contributed by atoms with Crippen molar-refractivity contribution in [3.8, 4) is 0 Å². The summed E-state index contributed by atoms with van der Waals surface area (Å²) in [5, 5.41) is 2.98. The SMILES string of the molecule is CCCCNC(=O)[C@H](c1ccccc1)N(Cc1ccc(F)cc1)C(=O)Cc1ccccc1. The fraction of sp³-hybridized carbons (Fsp3) is 0.259. The zero-order chi connectivity index (χ0) is 22.8. The fourth-order valence-corrected chi connectivity index (χ4v) is 3.58. The lowest BCUT2D eigenvalue weighted by molar-refractivity contribution is -0.141. The highest BCUT2D eigenvalue weighted by molar-refractivity contribution is 5.89. The van der Waals surface area contributed by atoms with Gasteiger partial charge in [0.15, 0.2) is 0 Å². The van der Waals surface area contributed by atoms with Gasteiger partial charge in [0, 0.05) is 13.1 Å². The number of nitrogens with zero attached hydrogens (tertiary/aromatic N) is 1. The van der Waals surface area contributed by atoms with Crippen molar-refractivity contribution in [3.63, 3.8) is 0 Å². The molecule has 0 aliphatic carbocycles. The summed E-state index contributed by atoms with van der Waals surface area (Å²) in [6.45, 7) is 2.81. The lowest BCUT2D eigenvalue weighted by Crippen LogP contribution is -2.44. The molecule has 5 heteroatoms. The van der Waals surface area contributed by atoms with Crippen LogP contribution in [0, 0.1) is 5.82 Å². The Kier molecular flexibility index (Phi) is 8.55. The van der Waals surface area contributed by atoms with Crippen LogP contribution in [0.5, 0.6) is 0 Å². The maximum atomic E-state index is 13.5. The normalized spacial score (nSPS) is 11.6. The van der Waals surface area contributed by atoms with Gasteiger partial charge in [0.1, 0.15) is 11.9 Å². The van der Waals surface area contributed by atoms with E-state index in [1.807, 2.05) is 60.7 Å². The standard InChI is InChI=1S/C27H29FN2O2/c1-2-3-18-29-27(32)26(23-12-8-5-9-13-23)30(20-22-14-16-24(28)17-15-22)25(31)19-21-10-6-4-7-11-21/h4-17,26H,2-3,18-20H2,1H3,(H,29,32)/t26-/m0/s1. The van der Waals surface area contributed by atoms with Gasteiger partial charge in [0.05, 0.1) is 6.42 Å². The molecular formula is C27H29FN2O2. The van der Waals surface area contributed by atoms with E-state index in [0.29, 0.717) is 6.54 Å². The van der Waals surface area contributed by atoms with Crippen molar-refractivity contribution in [2.75, 3.05) is 6.54 Å². The van der Waals surface area contributed by atoms with Crippen LogP contribution in [-0.4, -0.2) is 23.3 Å². The second-order valence-electron chi connectivity index (χ2n) is 7.77. The Labute approximate surface area is 189 Å². The third-order valence-corrected chi connectivity index (χ3v) is 5.29. The van der Waals surface area contributed by atoms with Crippen LogP contribution in [0.1, 0.15) is 42.5 Å². The molecule has 0 spiro atoms. The van der Waals surface area contributed by atoms with E-state index >= 15 is 0 Å². The van der Waals surface area contributed by atoms with E-state index in [2.05, 4.69) is 12.2 Å². The van der Waals surface area contributed by atoms with E-state index in [4.69, 9.17) is 0 Å². The number of hydrogen-bond donors (Lipinski definition) is 1. The van der Waals surface area contributed by atoms with E-state index in [1.54, 1.807) is 17.0 Å². The number of benzene rings is 3. The van der Waals surface area contributed by atoms with Gasteiger partial charge < -0.3 is 10.2 Å². The molecule has 0 unspecified atom stereocenters. The molecule has 166 valence electrons. The van der Waals surface area contributed by atoms with Crippen molar-refractivity contribution >= 4 is 11.8 Å². The zero-order valence-electron chi connectivity index (χ0n) is 18.3. The molecule has 3 aromatic rings. The first-order valence-corrected chi connectivity index (χ1v) is 11.0. The summed E-state index contributed by atoms with van der Waals surface area (Å²) in [6, 6.07) is 24.0. The highest BCUT2D eigenvalue weighted by atomic mass is 19.1. The van der Waals surface area contributed by atoms with Crippen LogP contribution >= 0.6 is 0 Å². The van der Waals surface area contributed by atoms with Crippen LogP contribution in [-0.2, 0) is 22.6 Å². The van der Waals surface area contributed by atoms with Crippen molar-refractivity contribution < 1.29 is 14.0 Å². The molecule has 0 radical (unpaired) electrons. The number of unbranched alkanes of at least 4 members (excludes halogenated alkanes) is 1. The number of carbonyl (C=O) groups excluding carboxylic acids is 2. The summed E-state index contributed by atoms with van der Waals surface area (Å²) in [5.74, 6) is -0.721. The highest BCUT2D eigenvalue weighted by Gasteiger charge is 2.31. The number of rotatable bonds is 10. The molecule has 2 amide bonds. The van der Waals surface area contributed by atoms with E-state index in [0.717, 1.165) is 29.5 Å². The second-order valence-corrected chi connectivity index (χ2v) is 7.77. The number of hydrogen-bond acceptors (Lipinski definition) is 2. The van der Waals surface area contributed by atoms with Gasteiger partial charge in [-0.3, -0.25) is 9.59 Å². The molecule has 3 aromatic carbocycles. The molecule has 0 heterocycles. The first-order chi connectivity index (χ1) is 15.6. The maximum absolute atomic E-state index is 13.5. The predicted octanol–water partition coefficient (Wildman–Crippen LogP) is 5.05. The Hall–Kier alpha value is -3.47. The second kappa shape index (κ2) is 11.8. The molecule has 0 aliphatic rings. The summed E-state index contributed by atoms with van der Waals surface area (Å²) < 4.78 is 13.5. The smallest absolute Gasteiger partial charge is 0.247 e. The molecule has 0 bridgehead atoms. The minimum atomic E-state index is -0.783. The van der Waals surface area contributed by atoms with Crippen LogP contribution in [0.25, 0.3) is 0 Å². The molecule has 0 saturated carbocycles. The Morgan fingerprint density at radius 1 is 0.875 bits per heavy atom. The Balaban J connectivity index is 1.96. The van der Waals surface area contributed by atoms with Gasteiger partial charge in [0.25, 0.3) is 0 Å². The van der Waals surface area contributed by atoms with Crippen LogP contribution in [0.3, 0.4) is 0 Å². The van der Waals surface area contributed by atoms with Gasteiger partial charge in [0.2, 0.25) is 11.8 Å². The van der Waals surface area contributed by atoms with Crippen LogP contribution in [0.15, 0.2) is 84.9 Å². The van der Waals surface area contributed by atoms with Crippen molar-refractivity contribution in [1.82, 2.24) is 10.2 Å². The van der Waals surface area contributed by atoms with Gasteiger partial charge in [-0.25, -0.2) is 4.39 Å². The zero-order valence-corrected chi connectivity index (χ0v) is 18.3. The average Bonchev–Trinajstić information content (AvgIpc) is 2.81. The predicted molar refractivity (Wildman–Crippen MR) is 124 cm³/mol. The van der Waals surface area contributed by atoms with Crippen molar-refractivity contribution in [2.45, 2.75) is 38.8 Å². The van der Waals surface area contributed by atoms with Crippen LogP contribution in [0.4, 0.5) is 4.39 Å². The van der Waals surface area contributed by atoms with E-state index in [1.165, 1.54) is 12.1 Å². The minimum absolute atomic E-state index is 0.167. The van der Waals surface area contributed by atoms with Gasteiger partial charge in [-0.1, -0.05) is 86.1 Å². The van der Waals surface area contributed by atoms with Gasteiger partial charge >= 0.3 is 0 Å². The lowest BCUT2D eigenvalue weighted by atomic mass is 10.0. The lowest BCUT2D eigenvalue weighted by Gasteiger charge is -2.32. The monoisotopic (exact) mass is 432 g/mol. The third kappa shape index (κ3) is 6.51. The number of nitrogens with one attached hydrogen (secondary N) is 1. The van der Waals surface area contributed by atoms with Crippen LogP contribution in [0.2, 0.25) is 0 Å². The Morgan fingerprint density at radius 2 is 1.50 bits per heavy atom. The molecule has 0 aliphatic heterocycles. The topological polar surface area (TPSA) is 49.4 Å². The minimum Gasteiger partial charge on any atom is -0.354 e. The number of halogens is 1. The first kappa shape index (κ1) is 23.2. The summed E-state index contributed by atoms with van der Waals surface area (Å²) >= 11 is 0. The quantitative estimate of drug-likeness (QED) is 0.456. The fourth-order valence-electron chi connectivity index (χ4n) is 3.58. The number of amides is 2. The van der Waals surface area contributed by atoms with E-state index in [9.17, 15) is 14.0 Å². The molecule has 0 fully saturated rings. The van der Waals surface area contributed by atoms with E-state index < -0.39 is 6.04 Å². The Bertz CT molecular complexity index is 991. The average molecular weight is 433 g/mol. The summed E-state index contributed by atoms with van der Waals surface area (Å²) in [4.78, 5) is 28.4. The summed E-state index contributed by atoms with van der Waals surface area (Å²) in [6.07, 6.45) is 2.00. The molecule has 0 aromatic heterocycles. The van der Waals surface area contributed by atoms with Crippen molar-refractivity contribution in [3.05, 3.63) is 107 Å². The van der Waals surface area contributed by atoms with Crippen molar-refractivity contribution in [2.24, 2.45) is 0 Å². The van der Waals surface area contributed by atoms with Gasteiger partial charge in [-0.05, 0) is 35.2 Å². The molecule has 0 saturated heterocycles. The summed E-state index contributed by atoms with van der Waals surface area (Å²) in [7, 11) is 0. The summed E-state index contributed by atoms with van der Waals surface area (Å²) in [5.41, 5.74) is 2.37. The van der Waals surface area contributed by atoms with E-state index in [-0.39, 0.29) is 30.6 Å². The van der Waals surface area contributed by atoms with Crippen molar-refractivity contribution in [1.29, 1.82) is 0 Å². The van der Waals surface area contributed by atoms with Crippen LogP contribution < -0.4 is 5.32 Å². The maximum Gasteiger partial charge on any atom is 0.247 e. The van der Waals surface area contributed by atoms with Gasteiger partial charge in [-0.2, -0.15) is 0 Å². The first-order valence-electron chi connectivity index (χ1n) is 11.0. The molecule has 1 atom stereocenters. The largest absolute Gasteiger partial charge is 0.354 e. The molecule has 4 nitrogen and oxygen atoms in total. The van der Waals surface area contributed by atoms with Gasteiger partial charge in [-0.15, -0.1) is 0 Å². The molecule has 1 N–H and O–H groups in total. The Morgan fingerprint density at radius 3 is 2.12 bits per heavy atom. The number of carbonyl (C=O) groups is 2.